The normalized spacial score (nSPS) is 9.43. The number of rotatable bonds is 4. The van der Waals surface area contributed by atoms with Gasteiger partial charge in [-0.1, -0.05) is 0 Å². The summed E-state index contributed by atoms with van der Waals surface area (Å²) < 4.78 is 0. The van der Waals surface area contributed by atoms with Gasteiger partial charge in [0.1, 0.15) is 0 Å². The SMILES string of the molecule is [O]CCSCC[O]. The summed E-state index contributed by atoms with van der Waals surface area (Å²) in [5.41, 5.74) is 0. The lowest BCUT2D eigenvalue weighted by Crippen LogP contribution is -1.89. The van der Waals surface area contributed by atoms with Gasteiger partial charge < -0.3 is 0 Å². The Hall–Kier alpha value is 0.270. The lowest BCUT2D eigenvalue weighted by atomic mass is 10.9. The van der Waals surface area contributed by atoms with Crippen LogP contribution in [-0.4, -0.2) is 24.7 Å². The molecule has 0 rings (SSSR count). The van der Waals surface area contributed by atoms with E-state index in [1.807, 2.05) is 0 Å². The summed E-state index contributed by atoms with van der Waals surface area (Å²) in [7, 11) is 0. The van der Waals surface area contributed by atoms with Gasteiger partial charge in [0.25, 0.3) is 0 Å². The monoisotopic (exact) mass is 120 g/mol. The molecule has 0 unspecified atom stereocenters. The molecular formula is C4H8O2S. The van der Waals surface area contributed by atoms with E-state index < -0.39 is 0 Å². The Morgan fingerprint density at radius 3 is 1.71 bits per heavy atom. The van der Waals surface area contributed by atoms with Crippen LogP contribution >= 0.6 is 11.8 Å². The van der Waals surface area contributed by atoms with E-state index in [0.717, 1.165) is 0 Å². The Morgan fingerprint density at radius 2 is 1.43 bits per heavy atom. The van der Waals surface area contributed by atoms with Crippen LogP contribution in [0.5, 0.6) is 0 Å². The second-order valence-electron chi connectivity index (χ2n) is 1.02. The number of hydrogen-bond donors (Lipinski definition) is 0. The fraction of sp³-hybridized carbons (Fsp3) is 1.00. The quantitative estimate of drug-likeness (QED) is 0.500. The van der Waals surface area contributed by atoms with Crippen LogP contribution in [0.4, 0.5) is 0 Å². The van der Waals surface area contributed by atoms with E-state index in [1.54, 1.807) is 0 Å². The van der Waals surface area contributed by atoms with Gasteiger partial charge in [-0.15, -0.1) is 0 Å². The third kappa shape index (κ3) is 6.27. The maximum atomic E-state index is 9.68. The van der Waals surface area contributed by atoms with Crippen LogP contribution in [0.2, 0.25) is 0 Å². The van der Waals surface area contributed by atoms with Crippen LogP contribution in [0.3, 0.4) is 0 Å². The first kappa shape index (κ1) is 7.27. The number of thioether (sulfide) groups is 1. The van der Waals surface area contributed by atoms with Gasteiger partial charge in [0.05, 0.1) is 13.2 Å². The molecule has 0 aromatic rings. The van der Waals surface area contributed by atoms with Crippen molar-refractivity contribution >= 4 is 11.8 Å². The van der Waals surface area contributed by atoms with E-state index in [9.17, 15) is 10.2 Å². The Morgan fingerprint density at radius 1 is 1.00 bits per heavy atom. The summed E-state index contributed by atoms with van der Waals surface area (Å²) in [6, 6.07) is 0. The molecule has 0 N–H and O–H groups in total. The van der Waals surface area contributed by atoms with Gasteiger partial charge in [-0.3, -0.25) is 0 Å². The molecule has 3 heteroatoms. The molecule has 0 saturated carbocycles. The first-order chi connectivity index (χ1) is 3.41. The zero-order chi connectivity index (χ0) is 5.54. The fourth-order valence-electron chi connectivity index (χ4n) is 0.220. The Labute approximate surface area is 47.5 Å². The predicted molar refractivity (Wildman–Crippen MR) is 28.4 cm³/mol. The van der Waals surface area contributed by atoms with Gasteiger partial charge in [-0.05, 0) is 0 Å². The van der Waals surface area contributed by atoms with Crippen molar-refractivity contribution in [3.63, 3.8) is 0 Å². The molecule has 0 amide bonds. The molecular weight excluding hydrogens is 112 g/mol. The van der Waals surface area contributed by atoms with Crippen LogP contribution in [0.25, 0.3) is 0 Å². The van der Waals surface area contributed by atoms with Crippen molar-refractivity contribution < 1.29 is 10.2 Å². The van der Waals surface area contributed by atoms with Crippen LogP contribution in [0, 0.1) is 0 Å². The molecule has 0 aromatic carbocycles. The van der Waals surface area contributed by atoms with Gasteiger partial charge in [-0.25, -0.2) is 10.2 Å². The van der Waals surface area contributed by atoms with E-state index >= 15 is 0 Å². The highest BCUT2D eigenvalue weighted by atomic mass is 32.2. The maximum absolute atomic E-state index is 9.68. The highest BCUT2D eigenvalue weighted by Gasteiger charge is 1.83. The average Bonchev–Trinajstić information content (AvgIpc) is 1.69. The van der Waals surface area contributed by atoms with E-state index in [1.165, 1.54) is 11.8 Å². The van der Waals surface area contributed by atoms with Crippen LogP contribution in [-0.2, 0) is 10.2 Å². The summed E-state index contributed by atoms with van der Waals surface area (Å²) in [4.78, 5) is 0. The van der Waals surface area contributed by atoms with Crippen molar-refractivity contribution in [2.24, 2.45) is 0 Å². The van der Waals surface area contributed by atoms with E-state index in [0.29, 0.717) is 11.5 Å². The van der Waals surface area contributed by atoms with Crippen LogP contribution in [0.15, 0.2) is 0 Å². The van der Waals surface area contributed by atoms with Crippen molar-refractivity contribution in [1.29, 1.82) is 0 Å². The van der Waals surface area contributed by atoms with Crippen molar-refractivity contribution in [2.45, 2.75) is 0 Å². The first-order valence-electron chi connectivity index (χ1n) is 2.15. The molecule has 42 valence electrons. The molecule has 7 heavy (non-hydrogen) atoms. The predicted octanol–water partition coefficient (Wildman–Crippen LogP) is 0.581. The smallest absolute Gasteiger partial charge is 0.0912 e. The van der Waals surface area contributed by atoms with E-state index in [2.05, 4.69) is 0 Å². The van der Waals surface area contributed by atoms with E-state index in [-0.39, 0.29) is 13.2 Å². The Kier molecular flexibility index (Phi) is 6.51. The third-order valence-corrected chi connectivity index (χ3v) is 1.37. The van der Waals surface area contributed by atoms with Gasteiger partial charge in [0.2, 0.25) is 0 Å². The first-order valence-corrected chi connectivity index (χ1v) is 3.31. The molecule has 0 spiro atoms. The van der Waals surface area contributed by atoms with E-state index in [4.69, 9.17) is 0 Å². The molecule has 0 aliphatic heterocycles. The van der Waals surface area contributed by atoms with Crippen LogP contribution in [0.1, 0.15) is 0 Å². The summed E-state index contributed by atoms with van der Waals surface area (Å²) >= 11 is 1.43. The van der Waals surface area contributed by atoms with Crippen LogP contribution < -0.4 is 0 Å². The minimum atomic E-state index is -0.0648. The molecule has 0 aromatic heterocycles. The molecule has 0 saturated heterocycles. The van der Waals surface area contributed by atoms with Gasteiger partial charge >= 0.3 is 0 Å². The maximum Gasteiger partial charge on any atom is 0.0912 e. The van der Waals surface area contributed by atoms with Crippen molar-refractivity contribution in [3.8, 4) is 0 Å². The molecule has 0 aliphatic carbocycles. The minimum absolute atomic E-state index is 0.0648. The lowest BCUT2D eigenvalue weighted by molar-refractivity contribution is 0.211. The Balaban J connectivity index is 2.45. The second-order valence-corrected chi connectivity index (χ2v) is 2.25. The van der Waals surface area contributed by atoms with Crippen molar-refractivity contribution in [3.05, 3.63) is 0 Å². The molecule has 2 radical (unpaired) electrons. The summed E-state index contributed by atoms with van der Waals surface area (Å²) in [6.07, 6.45) is 0. The number of hydrogen-bond acceptors (Lipinski definition) is 1. The fourth-order valence-corrected chi connectivity index (χ4v) is 0.660. The van der Waals surface area contributed by atoms with Gasteiger partial charge in [0.15, 0.2) is 0 Å². The third-order valence-electron chi connectivity index (χ3n) is 0.455. The van der Waals surface area contributed by atoms with Crippen molar-refractivity contribution in [1.82, 2.24) is 0 Å². The zero-order valence-corrected chi connectivity index (χ0v) is 4.87. The summed E-state index contributed by atoms with van der Waals surface area (Å²) in [5, 5.41) is 19.4. The van der Waals surface area contributed by atoms with Gasteiger partial charge in [-0.2, -0.15) is 11.8 Å². The standard InChI is InChI=1S/C4H8O2S/c5-1-3-7-4-2-6/h1-4H2. The molecule has 0 bridgehead atoms. The zero-order valence-electron chi connectivity index (χ0n) is 4.05. The average molecular weight is 120 g/mol. The molecule has 2 nitrogen and oxygen atoms in total. The molecule has 0 atom stereocenters. The molecule has 0 fully saturated rings. The highest BCUT2D eigenvalue weighted by molar-refractivity contribution is 7.99. The van der Waals surface area contributed by atoms with Gasteiger partial charge in [0, 0.05) is 11.5 Å². The lowest BCUT2D eigenvalue weighted by Gasteiger charge is -1.88. The highest BCUT2D eigenvalue weighted by Crippen LogP contribution is 1.95. The largest absolute Gasteiger partial charge is 0.236 e. The second kappa shape index (κ2) is 6.27. The summed E-state index contributed by atoms with van der Waals surface area (Å²) in [5.74, 6) is 1.17. The Bertz CT molecular complexity index is 28.9. The minimum Gasteiger partial charge on any atom is -0.236 e. The molecule has 0 aliphatic rings. The van der Waals surface area contributed by atoms with Crippen molar-refractivity contribution in [2.75, 3.05) is 24.7 Å². The summed E-state index contributed by atoms with van der Waals surface area (Å²) in [6.45, 7) is -0.130. The molecule has 0 heterocycles. The topological polar surface area (TPSA) is 39.8 Å².